The summed E-state index contributed by atoms with van der Waals surface area (Å²) in [5.74, 6) is 0. The summed E-state index contributed by atoms with van der Waals surface area (Å²) in [5.41, 5.74) is 11.4. The molecule has 0 unspecified atom stereocenters. The third-order valence-electron chi connectivity index (χ3n) is 6.62. The lowest BCUT2D eigenvalue weighted by molar-refractivity contribution is 1.26. The minimum absolute atomic E-state index is 0.840. The van der Waals surface area contributed by atoms with Gasteiger partial charge < -0.3 is 5.32 Å². The van der Waals surface area contributed by atoms with E-state index in [0.717, 1.165) is 33.6 Å². The summed E-state index contributed by atoms with van der Waals surface area (Å²) in [7, 11) is 0. The maximum atomic E-state index is 4.88. The Morgan fingerprint density at radius 2 is 1.03 bits per heavy atom. The monoisotopic (exact) mass is 428 g/mol. The summed E-state index contributed by atoms with van der Waals surface area (Å²) in [6.45, 7) is 8.87. The van der Waals surface area contributed by atoms with Crippen molar-refractivity contribution in [1.82, 2.24) is 9.97 Å². The average Bonchev–Trinajstić information content (AvgIpc) is 3.07. The molecular weight excluding hydrogens is 402 g/mol. The van der Waals surface area contributed by atoms with Gasteiger partial charge >= 0.3 is 0 Å². The lowest BCUT2D eigenvalue weighted by atomic mass is 9.99. The SMILES string of the molecule is CC1=C(C)C(=c2ccc(=C3C=C(c4ccccn4)[N-]C(c4ccccn4)=C3)cc2)C(C)=C1C. The molecule has 2 aromatic heterocycles. The molecular formula is C30H26N3-. The number of hydrogen-bond donors (Lipinski definition) is 0. The number of aromatic nitrogens is 2. The van der Waals surface area contributed by atoms with Gasteiger partial charge in [-0.3, -0.25) is 9.97 Å². The van der Waals surface area contributed by atoms with Crippen molar-refractivity contribution in [3.8, 4) is 0 Å². The van der Waals surface area contributed by atoms with E-state index >= 15 is 0 Å². The molecule has 5 rings (SSSR count). The van der Waals surface area contributed by atoms with E-state index in [1.807, 2.05) is 36.4 Å². The highest BCUT2D eigenvalue weighted by atomic mass is 15.0. The summed E-state index contributed by atoms with van der Waals surface area (Å²) in [4.78, 5) is 9.04. The number of pyridine rings is 2. The van der Waals surface area contributed by atoms with Crippen LogP contribution in [0.3, 0.4) is 0 Å². The van der Waals surface area contributed by atoms with Gasteiger partial charge in [-0.25, -0.2) is 0 Å². The third kappa shape index (κ3) is 3.87. The zero-order chi connectivity index (χ0) is 22.9. The number of benzene rings is 1. The molecule has 0 saturated heterocycles. The smallest absolute Gasteiger partial charge is 0.0483 e. The van der Waals surface area contributed by atoms with E-state index in [1.165, 1.54) is 33.1 Å². The summed E-state index contributed by atoms with van der Waals surface area (Å²) >= 11 is 0. The Hall–Kier alpha value is -3.98. The highest BCUT2D eigenvalue weighted by Gasteiger charge is 2.18. The third-order valence-corrected chi connectivity index (χ3v) is 6.62. The quantitative estimate of drug-likeness (QED) is 0.507. The Morgan fingerprint density at radius 1 is 0.545 bits per heavy atom. The van der Waals surface area contributed by atoms with Gasteiger partial charge in [-0.15, -0.1) is 11.4 Å². The van der Waals surface area contributed by atoms with Crippen LogP contribution in [0.1, 0.15) is 39.1 Å². The molecule has 3 heteroatoms. The molecule has 33 heavy (non-hydrogen) atoms. The van der Waals surface area contributed by atoms with E-state index in [9.17, 15) is 0 Å². The molecule has 0 amide bonds. The largest absolute Gasteiger partial charge is 0.654 e. The van der Waals surface area contributed by atoms with E-state index in [1.54, 1.807) is 12.4 Å². The molecule has 0 radical (unpaired) electrons. The highest BCUT2D eigenvalue weighted by Crippen LogP contribution is 2.37. The van der Waals surface area contributed by atoms with E-state index in [2.05, 4.69) is 74.1 Å². The normalized spacial score (nSPS) is 16.1. The number of allylic oxidation sites excluding steroid dienone is 6. The van der Waals surface area contributed by atoms with Crippen molar-refractivity contribution in [2.75, 3.05) is 0 Å². The summed E-state index contributed by atoms with van der Waals surface area (Å²) < 4.78 is 0. The van der Waals surface area contributed by atoms with Crippen LogP contribution >= 0.6 is 0 Å². The van der Waals surface area contributed by atoms with Crippen LogP contribution in [-0.4, -0.2) is 9.97 Å². The molecule has 3 heterocycles. The van der Waals surface area contributed by atoms with Crippen LogP contribution in [0.25, 0.3) is 27.9 Å². The molecule has 3 aromatic rings. The van der Waals surface area contributed by atoms with Crippen molar-refractivity contribution in [2.24, 2.45) is 0 Å². The molecule has 2 aliphatic rings. The van der Waals surface area contributed by atoms with Crippen molar-refractivity contribution in [1.29, 1.82) is 0 Å². The van der Waals surface area contributed by atoms with Crippen LogP contribution in [0, 0.1) is 0 Å². The van der Waals surface area contributed by atoms with Crippen LogP contribution in [0.15, 0.2) is 108 Å². The molecule has 0 N–H and O–H groups in total. The Morgan fingerprint density at radius 3 is 1.48 bits per heavy atom. The molecule has 1 aliphatic carbocycles. The Labute approximate surface area is 194 Å². The van der Waals surface area contributed by atoms with Gasteiger partial charge in [-0.2, -0.15) is 0 Å². The fraction of sp³-hybridized carbons (Fsp3) is 0.133. The van der Waals surface area contributed by atoms with Crippen LogP contribution in [0.4, 0.5) is 0 Å². The van der Waals surface area contributed by atoms with Gasteiger partial charge in [0.25, 0.3) is 0 Å². The van der Waals surface area contributed by atoms with E-state index < -0.39 is 0 Å². The molecule has 0 saturated carbocycles. The fourth-order valence-corrected chi connectivity index (χ4v) is 4.47. The fourth-order valence-electron chi connectivity index (χ4n) is 4.47. The molecule has 1 aromatic carbocycles. The molecule has 1 aliphatic heterocycles. The first-order valence-electron chi connectivity index (χ1n) is 11.2. The van der Waals surface area contributed by atoms with Gasteiger partial charge in [0.05, 0.1) is 0 Å². The van der Waals surface area contributed by atoms with Crippen molar-refractivity contribution in [2.45, 2.75) is 27.7 Å². The Kier molecular flexibility index (Phi) is 5.39. The minimum atomic E-state index is 0.840. The summed E-state index contributed by atoms with van der Waals surface area (Å²) in [6.07, 6.45) is 7.81. The lowest BCUT2D eigenvalue weighted by Gasteiger charge is -2.32. The maximum absolute atomic E-state index is 4.88. The first-order valence-corrected chi connectivity index (χ1v) is 11.2. The van der Waals surface area contributed by atoms with Gasteiger partial charge in [0.15, 0.2) is 0 Å². The highest BCUT2D eigenvalue weighted by molar-refractivity contribution is 6.01. The zero-order valence-electron chi connectivity index (χ0n) is 19.4. The van der Waals surface area contributed by atoms with E-state index in [4.69, 9.17) is 5.32 Å². The maximum Gasteiger partial charge on any atom is 0.0483 e. The van der Waals surface area contributed by atoms with Crippen LogP contribution in [-0.2, 0) is 0 Å². The van der Waals surface area contributed by atoms with Gasteiger partial charge in [0, 0.05) is 23.8 Å². The molecule has 0 fully saturated rings. The second-order valence-electron chi connectivity index (χ2n) is 8.51. The summed E-state index contributed by atoms with van der Waals surface area (Å²) in [5, 5.41) is 7.28. The zero-order valence-corrected chi connectivity index (χ0v) is 19.4. The van der Waals surface area contributed by atoms with Crippen molar-refractivity contribution in [3.63, 3.8) is 0 Å². The molecule has 0 bridgehead atoms. The molecule has 0 spiro atoms. The topological polar surface area (TPSA) is 39.9 Å². The molecule has 0 atom stereocenters. The van der Waals surface area contributed by atoms with Crippen LogP contribution < -0.4 is 10.4 Å². The Bertz CT molecular complexity index is 1380. The van der Waals surface area contributed by atoms with Crippen molar-refractivity contribution >= 4 is 22.5 Å². The summed E-state index contributed by atoms with van der Waals surface area (Å²) in [6, 6.07) is 20.6. The number of hydrogen-bond acceptors (Lipinski definition) is 2. The lowest BCUT2D eigenvalue weighted by Crippen LogP contribution is -2.13. The predicted octanol–water partition coefficient (Wildman–Crippen LogP) is 5.93. The number of rotatable bonds is 2. The van der Waals surface area contributed by atoms with Crippen LogP contribution in [0.5, 0.6) is 0 Å². The second-order valence-corrected chi connectivity index (χ2v) is 8.51. The first-order chi connectivity index (χ1) is 16.0. The van der Waals surface area contributed by atoms with Gasteiger partial charge in [-0.1, -0.05) is 48.6 Å². The van der Waals surface area contributed by atoms with Crippen molar-refractivity contribution in [3.05, 3.63) is 135 Å². The minimum Gasteiger partial charge on any atom is -0.654 e. The van der Waals surface area contributed by atoms with E-state index in [0.29, 0.717) is 0 Å². The molecule has 162 valence electrons. The second kappa shape index (κ2) is 8.51. The molecule has 3 nitrogen and oxygen atoms in total. The number of nitrogens with zero attached hydrogens (tertiary/aromatic N) is 3. The van der Waals surface area contributed by atoms with Crippen molar-refractivity contribution < 1.29 is 0 Å². The average molecular weight is 429 g/mol. The van der Waals surface area contributed by atoms with Gasteiger partial charge in [0.1, 0.15) is 0 Å². The van der Waals surface area contributed by atoms with Gasteiger partial charge in [-0.05, 0) is 95.8 Å². The van der Waals surface area contributed by atoms with E-state index in [-0.39, 0.29) is 0 Å². The standard InChI is InChI=1S/C30H26N3/c1-19-20(2)22(4)30(21(19)3)24-13-11-23(12-14-24)25-17-28(26-9-5-7-15-31-26)33-29(18-25)27-10-6-8-16-32-27/h5-18H,1-4H3/q-1. The Balaban J connectivity index is 1.68. The predicted molar refractivity (Wildman–Crippen MR) is 137 cm³/mol. The van der Waals surface area contributed by atoms with Crippen LogP contribution in [0.2, 0.25) is 0 Å². The van der Waals surface area contributed by atoms with Gasteiger partial charge in [0.2, 0.25) is 0 Å². The first kappa shape index (κ1) is 20.9.